The molecule has 0 aliphatic carbocycles. The van der Waals surface area contributed by atoms with Gasteiger partial charge < -0.3 is 14.8 Å². The van der Waals surface area contributed by atoms with Gasteiger partial charge in [0, 0.05) is 36.9 Å². The maximum Gasteiger partial charge on any atom is 0.274 e. The van der Waals surface area contributed by atoms with Crippen LogP contribution in [0.4, 0.5) is 4.39 Å². The lowest BCUT2D eigenvalue weighted by molar-refractivity contribution is 0.0544. The number of aryl methyl sites for hydroxylation is 1. The standard InChI is InChI=1S/C19H21FN4O2/c1-23-10-17(21-11-23)19(26)24-15-6-7-16(24)9-14(8-15)22-18(25)12-2-4-13(20)5-3-12/h2-5,10-11,14-16H,6-9H2,1H3,(H,22,25). The molecule has 2 aromatic rings. The number of nitrogens with zero attached hydrogens (tertiary/aromatic N) is 3. The van der Waals surface area contributed by atoms with Crippen molar-refractivity contribution in [1.29, 1.82) is 0 Å². The Balaban J connectivity index is 1.42. The fourth-order valence-electron chi connectivity index (χ4n) is 4.15. The minimum Gasteiger partial charge on any atom is -0.349 e. The molecule has 6 nitrogen and oxygen atoms in total. The first-order valence-electron chi connectivity index (χ1n) is 8.88. The molecule has 2 fully saturated rings. The lowest BCUT2D eigenvalue weighted by Crippen LogP contribution is -2.52. The van der Waals surface area contributed by atoms with Crippen molar-refractivity contribution in [3.05, 3.63) is 53.9 Å². The molecule has 1 N–H and O–H groups in total. The SMILES string of the molecule is Cn1cnc(C(=O)N2C3CCC2CC(NC(=O)c2ccc(F)cc2)C3)c1. The molecule has 4 rings (SSSR count). The Morgan fingerprint density at radius 1 is 1.15 bits per heavy atom. The van der Waals surface area contributed by atoms with E-state index in [1.165, 1.54) is 24.3 Å². The molecular weight excluding hydrogens is 335 g/mol. The van der Waals surface area contributed by atoms with Gasteiger partial charge in [-0.05, 0) is 49.9 Å². The Bertz CT molecular complexity index is 818. The molecule has 136 valence electrons. The molecule has 0 saturated carbocycles. The molecule has 2 atom stereocenters. The maximum atomic E-state index is 13.0. The number of piperidine rings is 1. The molecule has 2 bridgehead atoms. The molecule has 1 aromatic heterocycles. The average molecular weight is 356 g/mol. The molecule has 2 saturated heterocycles. The second-order valence-electron chi connectivity index (χ2n) is 7.17. The van der Waals surface area contributed by atoms with E-state index in [-0.39, 0.29) is 35.8 Å². The van der Waals surface area contributed by atoms with Crippen LogP contribution in [-0.2, 0) is 7.05 Å². The third kappa shape index (κ3) is 3.09. The molecule has 2 unspecified atom stereocenters. The molecule has 2 aliphatic heterocycles. The summed E-state index contributed by atoms with van der Waals surface area (Å²) in [7, 11) is 1.84. The van der Waals surface area contributed by atoms with Gasteiger partial charge in [-0.3, -0.25) is 9.59 Å². The second kappa shape index (κ2) is 6.55. The number of rotatable bonds is 3. The molecule has 0 radical (unpaired) electrons. The van der Waals surface area contributed by atoms with E-state index in [0.717, 1.165) is 25.7 Å². The quantitative estimate of drug-likeness (QED) is 0.916. The van der Waals surface area contributed by atoms with Crippen LogP contribution < -0.4 is 5.32 Å². The fraction of sp³-hybridized carbons (Fsp3) is 0.421. The molecule has 2 amide bonds. The third-order valence-electron chi connectivity index (χ3n) is 5.33. The van der Waals surface area contributed by atoms with Crippen molar-refractivity contribution in [2.45, 2.75) is 43.8 Å². The summed E-state index contributed by atoms with van der Waals surface area (Å²) in [5.41, 5.74) is 0.920. The van der Waals surface area contributed by atoms with Gasteiger partial charge >= 0.3 is 0 Å². The molecule has 1 aromatic carbocycles. The van der Waals surface area contributed by atoms with Gasteiger partial charge in [0.05, 0.1) is 6.33 Å². The third-order valence-corrected chi connectivity index (χ3v) is 5.33. The number of carbonyl (C=O) groups excluding carboxylic acids is 2. The summed E-state index contributed by atoms with van der Waals surface area (Å²) in [5, 5.41) is 3.04. The Kier molecular flexibility index (Phi) is 4.22. The van der Waals surface area contributed by atoms with Crippen LogP contribution in [0.2, 0.25) is 0 Å². The Morgan fingerprint density at radius 2 is 1.81 bits per heavy atom. The number of hydrogen-bond donors (Lipinski definition) is 1. The zero-order valence-electron chi connectivity index (χ0n) is 14.6. The maximum absolute atomic E-state index is 13.0. The predicted octanol–water partition coefficient (Wildman–Crippen LogP) is 2.12. The number of hydrogen-bond acceptors (Lipinski definition) is 3. The van der Waals surface area contributed by atoms with Crippen LogP contribution in [0.3, 0.4) is 0 Å². The van der Waals surface area contributed by atoms with Crippen molar-refractivity contribution in [3.8, 4) is 0 Å². The summed E-state index contributed by atoms with van der Waals surface area (Å²) in [5.74, 6) is -0.582. The zero-order chi connectivity index (χ0) is 18.3. The van der Waals surface area contributed by atoms with Gasteiger partial charge in [0.25, 0.3) is 11.8 Å². The number of nitrogens with one attached hydrogen (secondary N) is 1. The highest BCUT2D eigenvalue weighted by Gasteiger charge is 2.44. The number of benzene rings is 1. The zero-order valence-corrected chi connectivity index (χ0v) is 14.6. The highest BCUT2D eigenvalue weighted by Crippen LogP contribution is 2.36. The number of halogens is 1. The molecule has 26 heavy (non-hydrogen) atoms. The van der Waals surface area contributed by atoms with E-state index in [1.807, 2.05) is 11.9 Å². The van der Waals surface area contributed by atoms with Gasteiger partial charge in [-0.25, -0.2) is 9.37 Å². The van der Waals surface area contributed by atoms with Crippen LogP contribution in [0.15, 0.2) is 36.8 Å². The number of imidazole rings is 1. The summed E-state index contributed by atoms with van der Waals surface area (Å²) >= 11 is 0. The van der Waals surface area contributed by atoms with Crippen molar-refractivity contribution in [2.24, 2.45) is 7.05 Å². The first kappa shape index (κ1) is 16.8. The largest absolute Gasteiger partial charge is 0.349 e. The van der Waals surface area contributed by atoms with Gasteiger partial charge in [-0.2, -0.15) is 0 Å². The van der Waals surface area contributed by atoms with Crippen LogP contribution in [0, 0.1) is 5.82 Å². The molecule has 3 heterocycles. The molecular formula is C19H21FN4O2. The predicted molar refractivity (Wildman–Crippen MR) is 93.1 cm³/mol. The summed E-state index contributed by atoms with van der Waals surface area (Å²) in [4.78, 5) is 31.3. The normalized spacial score (nSPS) is 24.5. The number of aromatic nitrogens is 2. The van der Waals surface area contributed by atoms with E-state index in [2.05, 4.69) is 10.3 Å². The van der Waals surface area contributed by atoms with E-state index in [9.17, 15) is 14.0 Å². The highest BCUT2D eigenvalue weighted by atomic mass is 19.1. The lowest BCUT2D eigenvalue weighted by Gasteiger charge is -2.38. The average Bonchev–Trinajstić information content (AvgIpc) is 3.16. The smallest absolute Gasteiger partial charge is 0.274 e. The lowest BCUT2D eigenvalue weighted by atomic mass is 9.96. The summed E-state index contributed by atoms with van der Waals surface area (Å²) in [6.45, 7) is 0. The molecule has 0 spiro atoms. The first-order valence-corrected chi connectivity index (χ1v) is 8.88. The van der Waals surface area contributed by atoms with Gasteiger partial charge in [0.15, 0.2) is 0 Å². The minimum atomic E-state index is -0.360. The highest BCUT2D eigenvalue weighted by molar-refractivity contribution is 5.94. The topological polar surface area (TPSA) is 67.2 Å². The van der Waals surface area contributed by atoms with Gasteiger partial charge in [0.1, 0.15) is 11.5 Å². The van der Waals surface area contributed by atoms with Crippen LogP contribution in [0.1, 0.15) is 46.5 Å². The second-order valence-corrected chi connectivity index (χ2v) is 7.17. The number of amides is 2. The van der Waals surface area contributed by atoms with E-state index in [0.29, 0.717) is 11.3 Å². The number of fused-ring (bicyclic) bond motifs is 2. The Morgan fingerprint density at radius 3 is 2.38 bits per heavy atom. The van der Waals surface area contributed by atoms with Crippen molar-refractivity contribution >= 4 is 11.8 Å². The van der Waals surface area contributed by atoms with Crippen molar-refractivity contribution in [2.75, 3.05) is 0 Å². The molecule has 2 aliphatic rings. The van der Waals surface area contributed by atoms with E-state index in [4.69, 9.17) is 0 Å². The number of carbonyl (C=O) groups is 2. The van der Waals surface area contributed by atoms with Crippen LogP contribution >= 0.6 is 0 Å². The summed E-state index contributed by atoms with van der Waals surface area (Å²) < 4.78 is 14.8. The van der Waals surface area contributed by atoms with Crippen molar-refractivity contribution in [1.82, 2.24) is 19.8 Å². The Labute approximate surface area is 151 Å². The van der Waals surface area contributed by atoms with Crippen LogP contribution in [0.5, 0.6) is 0 Å². The monoisotopic (exact) mass is 356 g/mol. The minimum absolute atomic E-state index is 0.0258. The van der Waals surface area contributed by atoms with Gasteiger partial charge in [-0.15, -0.1) is 0 Å². The first-order chi connectivity index (χ1) is 12.5. The van der Waals surface area contributed by atoms with Crippen molar-refractivity contribution < 1.29 is 14.0 Å². The van der Waals surface area contributed by atoms with Gasteiger partial charge in [0.2, 0.25) is 0 Å². The van der Waals surface area contributed by atoms with Crippen LogP contribution in [-0.4, -0.2) is 44.4 Å². The summed E-state index contributed by atoms with van der Waals surface area (Å²) in [6.07, 6.45) is 6.75. The van der Waals surface area contributed by atoms with E-state index in [1.54, 1.807) is 17.1 Å². The van der Waals surface area contributed by atoms with E-state index < -0.39 is 0 Å². The van der Waals surface area contributed by atoms with Crippen LogP contribution in [0.25, 0.3) is 0 Å². The molecule has 7 heteroatoms. The van der Waals surface area contributed by atoms with Gasteiger partial charge in [-0.1, -0.05) is 0 Å². The van der Waals surface area contributed by atoms with Crippen molar-refractivity contribution in [3.63, 3.8) is 0 Å². The fourth-order valence-corrected chi connectivity index (χ4v) is 4.15. The Hall–Kier alpha value is -2.70. The van der Waals surface area contributed by atoms with E-state index >= 15 is 0 Å². The summed E-state index contributed by atoms with van der Waals surface area (Å²) in [6, 6.07) is 5.82.